The van der Waals surface area contributed by atoms with Gasteiger partial charge in [0, 0.05) is 81.2 Å². The van der Waals surface area contributed by atoms with Crippen LogP contribution in [0.4, 0.5) is 40.8 Å². The molecule has 0 bridgehead atoms. The Bertz CT molecular complexity index is 7200. The number of sulfonamides is 4. The molecule has 0 unspecified atom stereocenters. The summed E-state index contributed by atoms with van der Waals surface area (Å²) >= 11 is 0. The fourth-order valence-corrected chi connectivity index (χ4v) is 17.8. The fourth-order valence-electron chi connectivity index (χ4n) is 13.7. The Morgan fingerprint density at radius 2 is 0.571 bits per heavy atom. The number of fused-ring (bicyclic) bond motifs is 4. The molecule has 0 aliphatic rings. The van der Waals surface area contributed by atoms with Crippen LogP contribution in [0, 0.1) is 13.8 Å². The predicted octanol–water partition coefficient (Wildman–Crippen LogP) is 18.8. The molecule has 8 aromatic heterocycles. The molecule has 0 amide bonds. The first-order valence-corrected chi connectivity index (χ1v) is 45.6. The molecular formula is C92H94F4N16O10S4+2. The monoisotopic (exact) mass is 1790 g/mol. The summed E-state index contributed by atoms with van der Waals surface area (Å²) in [6.07, 6.45) is 0.531. The average Bonchev–Trinajstić information content (AvgIpc) is 1.62. The van der Waals surface area contributed by atoms with Crippen molar-refractivity contribution in [2.75, 3.05) is 18.9 Å². The van der Waals surface area contributed by atoms with Crippen molar-refractivity contribution in [2.45, 2.75) is 151 Å². The van der Waals surface area contributed by atoms with Gasteiger partial charge in [0.25, 0.3) is 64.0 Å². The molecule has 0 aliphatic heterocycles. The lowest BCUT2D eigenvalue weighted by atomic mass is 9.87. The molecule has 652 valence electrons. The van der Waals surface area contributed by atoms with Crippen molar-refractivity contribution in [3.05, 3.63) is 312 Å². The molecule has 8 heterocycles. The van der Waals surface area contributed by atoms with Crippen molar-refractivity contribution >= 4 is 107 Å². The minimum atomic E-state index is -4.09. The average molecular weight is 1790 g/mol. The van der Waals surface area contributed by atoms with E-state index in [0.29, 0.717) is 67.4 Å². The Morgan fingerprint density at radius 3 is 0.849 bits per heavy atom. The van der Waals surface area contributed by atoms with Gasteiger partial charge >= 0.3 is 0 Å². The quantitative estimate of drug-likeness (QED) is 0.0264. The van der Waals surface area contributed by atoms with Gasteiger partial charge in [0.05, 0.1) is 75.5 Å². The Labute approximate surface area is 727 Å². The van der Waals surface area contributed by atoms with Gasteiger partial charge in [0.15, 0.2) is 0 Å². The summed E-state index contributed by atoms with van der Waals surface area (Å²) in [7, 11) is -15.7. The number of halogens is 4. The largest absolute Gasteiger partial charge is 0.285 e. The lowest BCUT2D eigenvalue weighted by Gasteiger charge is -2.19. The van der Waals surface area contributed by atoms with E-state index < -0.39 is 64.3 Å². The van der Waals surface area contributed by atoms with Crippen LogP contribution in [0.15, 0.2) is 287 Å². The van der Waals surface area contributed by atoms with Crippen LogP contribution in [0.3, 0.4) is 0 Å². The second kappa shape index (κ2) is 35.3. The number of aromatic nitrogens is 12. The number of alkyl halides is 4. The van der Waals surface area contributed by atoms with Gasteiger partial charge in [0.1, 0.15) is 34.7 Å². The molecule has 0 atom stereocenters. The van der Waals surface area contributed by atoms with E-state index in [0.717, 1.165) is 70.5 Å². The lowest BCUT2D eigenvalue weighted by Crippen LogP contribution is -2.30. The standard InChI is InChI=1S/C23H23F2N4O3S.C23H22F2N4O2S.C23H25N4O3S.C23H24N4O2S/c1-23(2,3)15-9-11-16(12-10-15)33(31,32)27-21-14-18(22(24)25)26-29(21)20-8-4-7-19-17(20)6-5-13-28(19)30;1-23(2,3)15-9-11-16(12-10-15)32(30,31)28-21-14-19(22(24)25)27-29(21)20-8-4-7-18-17(20)6-5-13-26-18;1-16-15-22(25-31(29,30)18-12-10-17(11-13-18)23(2,3)4)27(24-16)21-9-5-8-20-19(21)7-6-14-26(20)28;1-16-15-22(26-30(28,29)18-12-10-17(11-13-18)23(2,3)4)27(25-16)21-9-5-8-20-19(21)7-6-14-24-20/h4-14,22,27,30H,1-3H3;4-14,22,28H,1-3H3;5-15,25,28H,1-4H3;5-15,26H,1-4H3/q+1;;+1;. The van der Waals surface area contributed by atoms with E-state index in [1.807, 2.05) is 115 Å². The van der Waals surface area contributed by atoms with Crippen molar-refractivity contribution in [3.8, 4) is 22.7 Å². The molecule has 0 spiro atoms. The van der Waals surface area contributed by atoms with Crippen LogP contribution in [0.2, 0.25) is 0 Å². The minimum Gasteiger partial charge on any atom is -0.285 e. The highest BCUT2D eigenvalue weighted by molar-refractivity contribution is 7.93. The molecule has 126 heavy (non-hydrogen) atoms. The third-order valence-corrected chi connectivity index (χ3v) is 25.9. The Morgan fingerprint density at radius 1 is 0.317 bits per heavy atom. The Kier molecular flexibility index (Phi) is 25.3. The van der Waals surface area contributed by atoms with Gasteiger partial charge in [-0.05, 0) is 179 Å². The summed E-state index contributed by atoms with van der Waals surface area (Å²) in [6.45, 7) is 28.3. The summed E-state index contributed by atoms with van der Waals surface area (Å²) in [5, 5.41) is 39.8. The highest BCUT2D eigenvalue weighted by Crippen LogP contribution is 2.36. The van der Waals surface area contributed by atoms with Crippen LogP contribution in [0.5, 0.6) is 0 Å². The van der Waals surface area contributed by atoms with Crippen molar-refractivity contribution in [1.29, 1.82) is 0 Å². The summed E-state index contributed by atoms with van der Waals surface area (Å²) < 4.78 is 176. The number of anilines is 4. The first kappa shape index (κ1) is 90.3. The van der Waals surface area contributed by atoms with Crippen LogP contribution >= 0.6 is 0 Å². The van der Waals surface area contributed by atoms with Crippen LogP contribution in [0.1, 0.15) is 141 Å². The molecule has 0 aliphatic carbocycles. The Balaban J connectivity index is 0.000000144. The van der Waals surface area contributed by atoms with Crippen LogP contribution < -0.4 is 28.3 Å². The topological polar surface area (TPSA) is 330 Å². The molecule has 0 saturated carbocycles. The number of aryl methyl sites for hydroxylation is 2. The van der Waals surface area contributed by atoms with Crippen molar-refractivity contribution < 1.29 is 71.1 Å². The minimum absolute atomic E-state index is 0.00651. The highest BCUT2D eigenvalue weighted by Gasteiger charge is 2.30. The molecule has 0 radical (unpaired) electrons. The molecule has 0 saturated heterocycles. The molecule has 0 fully saturated rings. The second-order valence-electron chi connectivity index (χ2n) is 33.8. The zero-order chi connectivity index (χ0) is 91.0. The zero-order valence-corrected chi connectivity index (χ0v) is 74.5. The van der Waals surface area contributed by atoms with E-state index in [4.69, 9.17) is 0 Å². The summed E-state index contributed by atoms with van der Waals surface area (Å²) in [4.78, 5) is 9.04. The molecular weight excluding hydrogens is 1690 g/mol. The number of pyridine rings is 4. The maximum absolute atomic E-state index is 13.5. The fraction of sp³-hybridized carbons (Fsp3) is 0.217. The van der Waals surface area contributed by atoms with Gasteiger partial charge < -0.3 is 0 Å². The third-order valence-electron chi connectivity index (χ3n) is 20.4. The van der Waals surface area contributed by atoms with Gasteiger partial charge in [-0.1, -0.05) is 156 Å². The van der Waals surface area contributed by atoms with Gasteiger partial charge in [-0.25, -0.2) is 70.0 Å². The van der Waals surface area contributed by atoms with Gasteiger partial charge in [-0.3, -0.25) is 39.3 Å². The zero-order valence-electron chi connectivity index (χ0n) is 71.2. The predicted molar refractivity (Wildman–Crippen MR) is 478 cm³/mol. The van der Waals surface area contributed by atoms with Gasteiger partial charge in [0.2, 0.25) is 12.4 Å². The lowest BCUT2D eigenvalue weighted by molar-refractivity contribution is -0.884. The third kappa shape index (κ3) is 20.2. The molecule has 16 aromatic rings. The molecule has 16 rings (SSSR count). The summed E-state index contributed by atoms with van der Waals surface area (Å²) in [5.41, 5.74) is 8.50. The van der Waals surface area contributed by atoms with Gasteiger partial charge in [-0.15, -0.1) is 0 Å². The normalized spacial score (nSPS) is 12.3. The number of rotatable bonds is 18. The molecule has 8 aromatic carbocycles. The van der Waals surface area contributed by atoms with Crippen LogP contribution in [-0.2, 0) is 61.8 Å². The van der Waals surface area contributed by atoms with Gasteiger partial charge in [-0.2, -0.15) is 20.4 Å². The van der Waals surface area contributed by atoms with Crippen molar-refractivity contribution in [3.63, 3.8) is 0 Å². The van der Waals surface area contributed by atoms with Crippen LogP contribution in [0.25, 0.3) is 66.4 Å². The summed E-state index contributed by atoms with van der Waals surface area (Å²) in [6, 6.07) is 67.3. The molecule has 6 N–H and O–H groups in total. The number of nitrogens with one attached hydrogen (secondary N) is 4. The molecule has 34 heteroatoms. The van der Waals surface area contributed by atoms with E-state index in [9.17, 15) is 61.6 Å². The number of nitrogens with zero attached hydrogens (tertiary/aromatic N) is 12. The van der Waals surface area contributed by atoms with E-state index in [-0.39, 0.29) is 52.9 Å². The van der Waals surface area contributed by atoms with E-state index in [1.165, 1.54) is 41.3 Å². The van der Waals surface area contributed by atoms with Crippen LogP contribution in [-0.4, -0.2) is 93.2 Å². The van der Waals surface area contributed by atoms with E-state index >= 15 is 0 Å². The summed E-state index contributed by atoms with van der Waals surface area (Å²) in [5.74, 6) is 0.463. The SMILES string of the molecule is CC(C)(C)c1ccc(S(=O)(=O)Nc2cc(C(F)F)nn2-c2cccc3c2ccc[n+]3O)cc1.CC(C)(C)c1ccc(S(=O)(=O)Nc2cc(C(F)F)nn2-c2cccc3ncccc23)cc1.Cc1cc(NS(=O)(=O)c2ccc(C(C)(C)C)cc2)n(-c2cccc3c2ccc[n+]3O)n1.Cc1cc(NS(=O)(=O)c2ccc(C(C)(C)C)cc2)n(-c2cccc3ncccc23)n1. The number of hydrogen-bond acceptors (Lipinski definition) is 16. The first-order chi connectivity index (χ1) is 59.2. The first-order valence-electron chi connectivity index (χ1n) is 39.6. The van der Waals surface area contributed by atoms with Crippen molar-refractivity contribution in [2.24, 2.45) is 0 Å². The number of hydrogen-bond donors (Lipinski definition) is 6. The molecule has 26 nitrogen and oxygen atoms in total. The highest BCUT2D eigenvalue weighted by atomic mass is 32.2. The Hall–Kier alpha value is -13.4. The van der Waals surface area contributed by atoms with Crippen molar-refractivity contribution in [1.82, 2.24) is 49.1 Å². The number of benzene rings is 8. The second-order valence-corrected chi connectivity index (χ2v) is 40.6. The maximum atomic E-state index is 13.5. The maximum Gasteiger partial charge on any atom is 0.282 e. The van der Waals surface area contributed by atoms with E-state index in [1.54, 1.807) is 168 Å². The van der Waals surface area contributed by atoms with E-state index in [2.05, 4.69) is 90.8 Å². The smallest absolute Gasteiger partial charge is 0.282 e.